The second-order valence-electron chi connectivity index (χ2n) is 4.46. The van der Waals surface area contributed by atoms with Crippen LogP contribution in [0.15, 0.2) is 29.2 Å². The molecular formula is C13H15ClN2O2S2. The summed E-state index contributed by atoms with van der Waals surface area (Å²) in [6.45, 7) is 3.68. The van der Waals surface area contributed by atoms with E-state index in [0.29, 0.717) is 21.2 Å². The van der Waals surface area contributed by atoms with Crippen molar-refractivity contribution in [1.82, 2.24) is 4.72 Å². The van der Waals surface area contributed by atoms with Gasteiger partial charge in [-0.15, -0.1) is 11.3 Å². The molecule has 7 heteroatoms. The number of nitrogen functional groups attached to an aromatic ring is 1. The lowest BCUT2D eigenvalue weighted by Gasteiger charge is -2.13. The molecule has 0 bridgehead atoms. The molecule has 0 atom stereocenters. The summed E-state index contributed by atoms with van der Waals surface area (Å²) in [5.74, 6) is 0. The number of thiophene rings is 1. The first-order valence-electron chi connectivity index (χ1n) is 5.91. The largest absolute Gasteiger partial charge is 0.398 e. The Labute approximate surface area is 127 Å². The molecule has 0 aliphatic carbocycles. The molecule has 0 saturated heterocycles. The number of anilines is 1. The normalized spacial score (nSPS) is 11.8. The van der Waals surface area contributed by atoms with Crippen LogP contribution in [0.1, 0.15) is 16.0 Å². The Morgan fingerprint density at radius 1 is 1.25 bits per heavy atom. The molecule has 2 aromatic rings. The fraction of sp³-hybridized carbons (Fsp3) is 0.231. The number of sulfonamides is 1. The first-order valence-corrected chi connectivity index (χ1v) is 8.58. The van der Waals surface area contributed by atoms with Gasteiger partial charge >= 0.3 is 0 Å². The van der Waals surface area contributed by atoms with Gasteiger partial charge in [0.2, 0.25) is 10.0 Å². The topological polar surface area (TPSA) is 72.2 Å². The summed E-state index contributed by atoms with van der Waals surface area (Å²) < 4.78 is 28.0. The molecule has 0 aliphatic rings. The van der Waals surface area contributed by atoms with Gasteiger partial charge in [-0.05, 0) is 43.2 Å². The first kappa shape index (κ1) is 15.3. The maximum absolute atomic E-state index is 12.4. The third-order valence-corrected chi connectivity index (χ3v) is 5.90. The van der Waals surface area contributed by atoms with Crippen LogP contribution < -0.4 is 10.5 Å². The molecule has 0 radical (unpaired) electrons. The fourth-order valence-corrected chi connectivity index (χ4v) is 4.56. The monoisotopic (exact) mass is 330 g/mol. The third kappa shape index (κ3) is 3.15. The average Bonchev–Trinajstić information content (AvgIpc) is 2.78. The molecule has 0 amide bonds. The van der Waals surface area contributed by atoms with Gasteiger partial charge in [-0.3, -0.25) is 0 Å². The van der Waals surface area contributed by atoms with Crippen LogP contribution in [-0.4, -0.2) is 8.42 Å². The van der Waals surface area contributed by atoms with Crippen molar-refractivity contribution in [3.63, 3.8) is 0 Å². The Balaban J connectivity index is 2.29. The highest BCUT2D eigenvalue weighted by atomic mass is 35.5. The van der Waals surface area contributed by atoms with E-state index in [1.165, 1.54) is 11.3 Å². The number of benzene rings is 1. The summed E-state index contributed by atoms with van der Waals surface area (Å²) in [5.41, 5.74) is 7.50. The summed E-state index contributed by atoms with van der Waals surface area (Å²) in [4.78, 5) is 1.11. The number of halogens is 1. The zero-order valence-electron chi connectivity index (χ0n) is 11.1. The van der Waals surface area contributed by atoms with Crippen molar-refractivity contribution in [2.24, 2.45) is 0 Å². The molecule has 1 heterocycles. The van der Waals surface area contributed by atoms with E-state index >= 15 is 0 Å². The molecule has 0 unspecified atom stereocenters. The van der Waals surface area contributed by atoms with Gasteiger partial charge in [0.25, 0.3) is 0 Å². The number of aryl methyl sites for hydroxylation is 1. The minimum absolute atomic E-state index is 0.216. The van der Waals surface area contributed by atoms with Crippen LogP contribution in [0.2, 0.25) is 4.34 Å². The van der Waals surface area contributed by atoms with Crippen molar-refractivity contribution in [1.29, 1.82) is 0 Å². The Morgan fingerprint density at radius 3 is 2.55 bits per heavy atom. The van der Waals surface area contributed by atoms with Crippen molar-refractivity contribution >= 4 is 38.6 Å². The molecule has 0 fully saturated rings. The summed E-state index contributed by atoms with van der Waals surface area (Å²) >= 11 is 7.17. The molecule has 1 aromatic heterocycles. The predicted octanol–water partition coefficient (Wildman–Crippen LogP) is 3.08. The first-order chi connectivity index (χ1) is 9.31. The minimum atomic E-state index is -3.60. The third-order valence-electron chi connectivity index (χ3n) is 2.98. The van der Waals surface area contributed by atoms with Crippen LogP contribution in [0, 0.1) is 13.8 Å². The minimum Gasteiger partial charge on any atom is -0.398 e. The Bertz CT molecular complexity index is 739. The van der Waals surface area contributed by atoms with Gasteiger partial charge < -0.3 is 5.73 Å². The molecule has 0 aliphatic heterocycles. The van der Waals surface area contributed by atoms with Crippen molar-refractivity contribution in [2.45, 2.75) is 25.3 Å². The van der Waals surface area contributed by atoms with E-state index in [1.807, 2.05) is 0 Å². The van der Waals surface area contributed by atoms with Crippen LogP contribution >= 0.6 is 22.9 Å². The molecule has 2 rings (SSSR count). The maximum atomic E-state index is 12.4. The van der Waals surface area contributed by atoms with Crippen LogP contribution in [0.4, 0.5) is 5.69 Å². The summed E-state index contributed by atoms with van der Waals surface area (Å²) in [6.07, 6.45) is 0. The SMILES string of the molecule is Cc1ccc(N)c(C)c1S(=O)(=O)NCc1ccc(Cl)s1. The van der Waals surface area contributed by atoms with Crippen LogP contribution in [0.25, 0.3) is 0 Å². The lowest BCUT2D eigenvalue weighted by Crippen LogP contribution is -2.24. The lowest BCUT2D eigenvalue weighted by molar-refractivity contribution is 0.580. The van der Waals surface area contributed by atoms with Gasteiger partial charge in [0, 0.05) is 17.1 Å². The van der Waals surface area contributed by atoms with Crippen molar-refractivity contribution in [2.75, 3.05) is 5.73 Å². The van der Waals surface area contributed by atoms with E-state index in [1.54, 1.807) is 38.1 Å². The molecule has 108 valence electrons. The van der Waals surface area contributed by atoms with Gasteiger partial charge in [0.05, 0.1) is 9.23 Å². The van der Waals surface area contributed by atoms with E-state index in [0.717, 1.165) is 4.88 Å². The lowest BCUT2D eigenvalue weighted by atomic mass is 10.1. The number of rotatable bonds is 4. The highest BCUT2D eigenvalue weighted by Crippen LogP contribution is 2.26. The second kappa shape index (κ2) is 5.73. The van der Waals surface area contributed by atoms with Crippen LogP contribution in [0.5, 0.6) is 0 Å². The Hall–Kier alpha value is -1.08. The molecule has 4 nitrogen and oxygen atoms in total. The smallest absolute Gasteiger partial charge is 0.241 e. The fourth-order valence-electron chi connectivity index (χ4n) is 1.94. The Morgan fingerprint density at radius 2 is 1.95 bits per heavy atom. The maximum Gasteiger partial charge on any atom is 0.241 e. The highest BCUT2D eigenvalue weighted by molar-refractivity contribution is 7.89. The molecule has 0 spiro atoms. The van der Waals surface area contributed by atoms with Crippen molar-refractivity contribution in [3.8, 4) is 0 Å². The van der Waals surface area contributed by atoms with E-state index in [2.05, 4.69) is 4.72 Å². The van der Waals surface area contributed by atoms with Crippen molar-refractivity contribution in [3.05, 3.63) is 44.6 Å². The summed E-state index contributed by atoms with van der Waals surface area (Å²) in [6, 6.07) is 6.96. The molecule has 20 heavy (non-hydrogen) atoms. The number of nitrogens with one attached hydrogen (secondary N) is 1. The van der Waals surface area contributed by atoms with Crippen LogP contribution in [-0.2, 0) is 16.6 Å². The average molecular weight is 331 g/mol. The van der Waals surface area contributed by atoms with Gasteiger partial charge in [-0.25, -0.2) is 13.1 Å². The molecular weight excluding hydrogens is 316 g/mol. The van der Waals surface area contributed by atoms with E-state index in [9.17, 15) is 8.42 Å². The number of hydrogen-bond acceptors (Lipinski definition) is 4. The standard InChI is InChI=1S/C13H15ClN2O2S2/c1-8-3-5-11(15)9(2)13(8)20(17,18)16-7-10-4-6-12(14)19-10/h3-6,16H,7,15H2,1-2H3. The highest BCUT2D eigenvalue weighted by Gasteiger charge is 2.20. The zero-order valence-corrected chi connectivity index (χ0v) is 13.5. The molecule has 0 saturated carbocycles. The van der Waals surface area contributed by atoms with Gasteiger partial charge in [-0.2, -0.15) is 0 Å². The number of nitrogens with two attached hydrogens (primary N) is 1. The van der Waals surface area contributed by atoms with Gasteiger partial charge in [-0.1, -0.05) is 17.7 Å². The van der Waals surface area contributed by atoms with Crippen molar-refractivity contribution < 1.29 is 8.42 Å². The quantitative estimate of drug-likeness (QED) is 0.846. The predicted molar refractivity (Wildman–Crippen MR) is 83.7 cm³/mol. The van der Waals surface area contributed by atoms with Gasteiger partial charge in [0.1, 0.15) is 0 Å². The van der Waals surface area contributed by atoms with E-state index in [4.69, 9.17) is 17.3 Å². The molecule has 1 aromatic carbocycles. The second-order valence-corrected chi connectivity index (χ2v) is 7.96. The van der Waals surface area contributed by atoms with Gasteiger partial charge in [0.15, 0.2) is 0 Å². The zero-order chi connectivity index (χ0) is 14.9. The number of hydrogen-bond donors (Lipinski definition) is 2. The summed E-state index contributed by atoms with van der Waals surface area (Å²) in [7, 11) is -3.60. The van der Waals surface area contributed by atoms with E-state index in [-0.39, 0.29) is 11.4 Å². The Kier molecular flexibility index (Phi) is 4.39. The molecule has 3 N–H and O–H groups in total. The summed E-state index contributed by atoms with van der Waals surface area (Å²) in [5, 5.41) is 0. The van der Waals surface area contributed by atoms with E-state index < -0.39 is 10.0 Å². The van der Waals surface area contributed by atoms with Crippen LogP contribution in [0.3, 0.4) is 0 Å².